The van der Waals surface area contributed by atoms with Gasteiger partial charge in [-0.1, -0.05) is 138 Å². The lowest BCUT2D eigenvalue weighted by molar-refractivity contribution is 0.641. The molecule has 0 spiro atoms. The Morgan fingerprint density at radius 2 is 0.824 bits per heavy atom. The van der Waals surface area contributed by atoms with E-state index in [0.717, 1.165) is 21.5 Å². The highest BCUT2D eigenvalue weighted by atomic mass is 28.4. The minimum atomic E-state index is -3.95. The first-order chi connectivity index (χ1) is 15.9. The predicted octanol–water partition coefficient (Wildman–Crippen LogP) is 7.62. The van der Waals surface area contributed by atoms with Crippen molar-refractivity contribution in [1.29, 1.82) is 0 Å². The van der Waals surface area contributed by atoms with E-state index in [-0.39, 0.29) is 0 Å². The van der Waals surface area contributed by atoms with Crippen LogP contribution in [0, 0.1) is 11.1 Å². The van der Waals surface area contributed by atoms with Gasteiger partial charge in [-0.25, -0.2) is 0 Å². The second kappa shape index (κ2) is 8.48. The molecule has 0 N–H and O–H groups in total. The summed E-state index contributed by atoms with van der Waals surface area (Å²) in [6, 6.07) is 27.1. The summed E-state index contributed by atoms with van der Waals surface area (Å²) < 4.78 is 34.7. The molecule has 0 aliphatic heterocycles. The van der Waals surface area contributed by atoms with Crippen LogP contribution in [0.3, 0.4) is 0 Å². The van der Waals surface area contributed by atoms with E-state index < -0.39 is 26.9 Å². The SMILES string of the molecule is CC(C)(C)[Si](F)(C#C[Si](F)(c1cccc2ccccc12)C(C)(C)C)c1cccc2ccccc12. The van der Waals surface area contributed by atoms with Gasteiger partial charge >= 0.3 is 16.8 Å². The van der Waals surface area contributed by atoms with E-state index in [1.807, 2.05) is 126 Å². The third-order valence-corrected chi connectivity index (χ3v) is 14.5. The molecule has 4 aromatic rings. The van der Waals surface area contributed by atoms with Crippen LogP contribution < -0.4 is 10.4 Å². The summed E-state index contributed by atoms with van der Waals surface area (Å²) in [5.41, 5.74) is 6.13. The summed E-state index contributed by atoms with van der Waals surface area (Å²) in [6.07, 6.45) is 0. The Morgan fingerprint density at radius 1 is 0.500 bits per heavy atom. The Bertz CT molecular complexity index is 1300. The van der Waals surface area contributed by atoms with E-state index in [2.05, 4.69) is 11.1 Å². The van der Waals surface area contributed by atoms with Crippen molar-refractivity contribution in [3.05, 3.63) is 84.9 Å². The molecule has 174 valence electrons. The third-order valence-electron chi connectivity index (χ3n) is 6.80. The van der Waals surface area contributed by atoms with Gasteiger partial charge in [-0.2, -0.15) is 0 Å². The number of hydrogen-bond acceptors (Lipinski definition) is 0. The van der Waals surface area contributed by atoms with Gasteiger partial charge in [0.25, 0.3) is 0 Å². The van der Waals surface area contributed by atoms with Crippen molar-refractivity contribution in [1.82, 2.24) is 0 Å². The molecule has 0 saturated carbocycles. The Labute approximate surface area is 204 Å². The summed E-state index contributed by atoms with van der Waals surface area (Å²) in [5, 5.41) is 3.52. The molecular weight excluding hydrogens is 454 g/mol. The van der Waals surface area contributed by atoms with Crippen LogP contribution in [0.25, 0.3) is 21.5 Å². The minimum Gasteiger partial charge on any atom is -0.291 e. The molecule has 0 radical (unpaired) electrons. The molecule has 0 aliphatic rings. The smallest absolute Gasteiger partial charge is 0.291 e. The average molecular weight is 487 g/mol. The lowest BCUT2D eigenvalue weighted by Gasteiger charge is -2.34. The Morgan fingerprint density at radius 3 is 1.18 bits per heavy atom. The first-order valence-corrected chi connectivity index (χ1v) is 15.5. The monoisotopic (exact) mass is 486 g/mol. The van der Waals surface area contributed by atoms with E-state index in [0.29, 0.717) is 10.4 Å². The van der Waals surface area contributed by atoms with Gasteiger partial charge in [-0.3, -0.25) is 8.22 Å². The normalized spacial score (nSPS) is 15.9. The average Bonchev–Trinajstić information content (AvgIpc) is 2.80. The molecule has 0 heterocycles. The lowest BCUT2D eigenvalue weighted by atomic mass is 10.1. The van der Waals surface area contributed by atoms with Gasteiger partial charge in [0.1, 0.15) is 0 Å². The number of benzene rings is 4. The molecule has 0 saturated heterocycles. The fourth-order valence-electron chi connectivity index (χ4n) is 4.54. The highest BCUT2D eigenvalue weighted by Gasteiger charge is 2.52. The van der Waals surface area contributed by atoms with E-state index >= 15 is 8.22 Å². The number of rotatable bonds is 2. The molecule has 4 heteroatoms. The summed E-state index contributed by atoms with van der Waals surface area (Å²) >= 11 is 0. The van der Waals surface area contributed by atoms with Crippen molar-refractivity contribution in [2.75, 3.05) is 0 Å². The van der Waals surface area contributed by atoms with Crippen LogP contribution in [0.2, 0.25) is 10.1 Å². The maximum Gasteiger partial charge on any atom is 0.359 e. The maximum atomic E-state index is 17.3. The van der Waals surface area contributed by atoms with Gasteiger partial charge in [-0.15, -0.1) is 0 Å². The molecule has 2 unspecified atom stereocenters. The number of halogens is 2. The zero-order chi connectivity index (χ0) is 24.8. The summed E-state index contributed by atoms with van der Waals surface area (Å²) in [5.74, 6) is 0. The Kier molecular flexibility index (Phi) is 6.08. The summed E-state index contributed by atoms with van der Waals surface area (Å²) in [6.45, 7) is 11.4. The van der Waals surface area contributed by atoms with Gasteiger partial charge in [0, 0.05) is 10.1 Å². The van der Waals surface area contributed by atoms with Gasteiger partial charge in [0.05, 0.1) is 0 Å². The topological polar surface area (TPSA) is 0 Å². The number of fused-ring (bicyclic) bond motifs is 2. The van der Waals surface area contributed by atoms with Gasteiger partial charge in [0.2, 0.25) is 0 Å². The molecule has 4 aromatic carbocycles. The predicted molar refractivity (Wildman–Crippen MR) is 148 cm³/mol. The van der Waals surface area contributed by atoms with Crippen LogP contribution >= 0.6 is 0 Å². The first kappa shape index (κ1) is 24.4. The van der Waals surface area contributed by atoms with E-state index in [4.69, 9.17) is 0 Å². The van der Waals surface area contributed by atoms with Gasteiger partial charge in [-0.05, 0) is 31.9 Å². The Hall–Kier alpha value is -2.75. The quantitative estimate of drug-likeness (QED) is 0.155. The molecule has 0 amide bonds. The summed E-state index contributed by atoms with van der Waals surface area (Å²) in [7, 11) is -7.89. The fourth-order valence-corrected chi connectivity index (χ4v) is 10.4. The van der Waals surface area contributed by atoms with Crippen molar-refractivity contribution in [3.63, 3.8) is 0 Å². The van der Waals surface area contributed by atoms with Crippen molar-refractivity contribution >= 4 is 48.7 Å². The second-order valence-corrected chi connectivity index (χ2v) is 18.3. The molecule has 0 aromatic heterocycles. The van der Waals surface area contributed by atoms with Crippen LogP contribution in [-0.4, -0.2) is 16.8 Å². The van der Waals surface area contributed by atoms with Crippen molar-refractivity contribution in [3.8, 4) is 11.1 Å². The van der Waals surface area contributed by atoms with Crippen LogP contribution in [0.1, 0.15) is 41.5 Å². The number of hydrogen-bond donors (Lipinski definition) is 0. The molecule has 0 fully saturated rings. The molecule has 0 aliphatic carbocycles. The lowest BCUT2D eigenvalue weighted by Crippen LogP contribution is -2.54. The van der Waals surface area contributed by atoms with E-state index in [9.17, 15) is 0 Å². The highest BCUT2D eigenvalue weighted by Crippen LogP contribution is 2.40. The molecule has 34 heavy (non-hydrogen) atoms. The minimum absolute atomic E-state index is 0.633. The van der Waals surface area contributed by atoms with Gasteiger partial charge < -0.3 is 0 Å². The van der Waals surface area contributed by atoms with Gasteiger partial charge in [0.15, 0.2) is 0 Å². The largest absolute Gasteiger partial charge is 0.359 e. The molecule has 4 rings (SSSR count). The first-order valence-electron chi connectivity index (χ1n) is 11.8. The van der Waals surface area contributed by atoms with Crippen molar-refractivity contribution in [2.45, 2.75) is 51.6 Å². The van der Waals surface area contributed by atoms with E-state index in [1.54, 1.807) is 0 Å². The van der Waals surface area contributed by atoms with Crippen molar-refractivity contribution in [2.24, 2.45) is 0 Å². The fraction of sp³-hybridized carbons (Fsp3) is 0.267. The second-order valence-electron chi connectivity index (χ2n) is 11.1. The summed E-state index contributed by atoms with van der Waals surface area (Å²) in [4.78, 5) is 0. The highest BCUT2D eigenvalue weighted by molar-refractivity contribution is 7.01. The Balaban J connectivity index is 2.01. The standard InChI is InChI=1S/C30H32F2Si2/c1-29(2,3)33(31,27-19-11-15-23-13-7-9-17-25(23)27)21-22-34(32,30(4,5)6)28-20-12-16-24-14-8-10-18-26(24)28/h7-20H,1-6H3. The van der Waals surface area contributed by atoms with Crippen LogP contribution in [0.4, 0.5) is 8.22 Å². The zero-order valence-electron chi connectivity index (χ0n) is 20.8. The molecule has 2 atom stereocenters. The van der Waals surface area contributed by atoms with E-state index in [1.165, 1.54) is 0 Å². The molecule has 0 nitrogen and oxygen atoms in total. The zero-order valence-corrected chi connectivity index (χ0v) is 22.8. The molecular formula is C30H32F2Si2. The van der Waals surface area contributed by atoms with Crippen molar-refractivity contribution < 1.29 is 8.22 Å². The van der Waals surface area contributed by atoms with Crippen LogP contribution in [-0.2, 0) is 0 Å². The maximum absolute atomic E-state index is 17.3. The van der Waals surface area contributed by atoms with Crippen LogP contribution in [0.15, 0.2) is 84.9 Å². The van der Waals surface area contributed by atoms with Crippen LogP contribution in [0.5, 0.6) is 0 Å². The third kappa shape index (κ3) is 4.02. The molecule has 0 bridgehead atoms.